The highest BCUT2D eigenvalue weighted by Crippen LogP contribution is 2.45. The van der Waals surface area contributed by atoms with Crippen LogP contribution < -0.4 is 5.32 Å². The minimum atomic E-state index is 0.562. The Labute approximate surface area is 95.3 Å². The van der Waals surface area contributed by atoms with Gasteiger partial charge in [-0.2, -0.15) is 0 Å². The fraction of sp³-hybridized carbons (Fsp3) is 0.857. The molecule has 0 aliphatic heterocycles. The Balaban J connectivity index is 2.66. The molecule has 1 N–H and O–H groups in total. The molecule has 0 spiro atoms. The molecule has 0 aromatic rings. The highest BCUT2D eigenvalue weighted by molar-refractivity contribution is 5.03. The predicted octanol–water partition coefficient (Wildman–Crippen LogP) is 3.90. The second-order valence-corrected chi connectivity index (χ2v) is 5.07. The fourth-order valence-electron chi connectivity index (χ4n) is 3.09. The zero-order valence-electron chi connectivity index (χ0n) is 10.7. The van der Waals surface area contributed by atoms with Crippen LogP contribution in [-0.4, -0.2) is 13.1 Å². The summed E-state index contributed by atoms with van der Waals surface area (Å²) < 4.78 is 0. The Morgan fingerprint density at radius 3 is 2.33 bits per heavy atom. The summed E-state index contributed by atoms with van der Waals surface area (Å²) in [6.45, 7) is 8.72. The van der Waals surface area contributed by atoms with E-state index in [1.54, 1.807) is 0 Å². The molecule has 1 nitrogen and oxygen atoms in total. The van der Waals surface area contributed by atoms with Crippen LogP contribution >= 0.6 is 0 Å². The van der Waals surface area contributed by atoms with Crippen LogP contribution in [0.5, 0.6) is 0 Å². The predicted molar refractivity (Wildman–Crippen MR) is 68.1 cm³/mol. The molecule has 1 atom stereocenters. The van der Waals surface area contributed by atoms with E-state index in [1.165, 1.54) is 44.1 Å². The molecule has 0 radical (unpaired) electrons. The van der Waals surface area contributed by atoms with E-state index in [2.05, 4.69) is 32.8 Å². The van der Waals surface area contributed by atoms with Crippen molar-refractivity contribution in [3.63, 3.8) is 0 Å². The van der Waals surface area contributed by atoms with Gasteiger partial charge >= 0.3 is 0 Å². The fourth-order valence-corrected chi connectivity index (χ4v) is 3.09. The van der Waals surface area contributed by atoms with Gasteiger partial charge in [0.25, 0.3) is 0 Å². The summed E-state index contributed by atoms with van der Waals surface area (Å²) in [5.41, 5.74) is 1.96. The van der Waals surface area contributed by atoms with E-state index in [0.29, 0.717) is 11.5 Å². The maximum absolute atomic E-state index is 4.16. The molecule has 88 valence electrons. The third kappa shape index (κ3) is 2.84. The number of nitrogens with one attached hydrogen (secondary N) is 1. The van der Waals surface area contributed by atoms with Gasteiger partial charge in [-0.25, -0.2) is 0 Å². The largest absolute Gasteiger partial charge is 0.316 e. The van der Waals surface area contributed by atoms with Crippen LogP contribution in [0.4, 0.5) is 0 Å². The quantitative estimate of drug-likeness (QED) is 0.654. The smallest absolute Gasteiger partial charge is 0.0157 e. The Morgan fingerprint density at radius 1 is 1.33 bits per heavy atom. The van der Waals surface area contributed by atoms with E-state index < -0.39 is 0 Å². The molecule has 0 aromatic heterocycles. The maximum atomic E-state index is 4.16. The summed E-state index contributed by atoms with van der Waals surface area (Å²) in [5, 5.41) is 3.54. The highest BCUT2D eigenvalue weighted by Gasteiger charge is 2.38. The van der Waals surface area contributed by atoms with E-state index >= 15 is 0 Å². The topological polar surface area (TPSA) is 12.0 Å². The van der Waals surface area contributed by atoms with Gasteiger partial charge in [0.15, 0.2) is 0 Å². The van der Waals surface area contributed by atoms with Gasteiger partial charge in [0.05, 0.1) is 0 Å². The van der Waals surface area contributed by atoms with Crippen LogP contribution in [0.2, 0.25) is 0 Å². The molecule has 0 aromatic carbocycles. The number of hydrogen-bond acceptors (Lipinski definition) is 1. The first-order valence-corrected chi connectivity index (χ1v) is 6.52. The normalized spacial score (nSPS) is 21.5. The average molecular weight is 209 g/mol. The first-order chi connectivity index (χ1) is 7.18. The number of hydrogen-bond donors (Lipinski definition) is 1. The molecule has 0 bridgehead atoms. The molecule has 0 amide bonds. The van der Waals surface area contributed by atoms with Crippen molar-refractivity contribution >= 4 is 0 Å². The zero-order chi connectivity index (χ0) is 11.3. The van der Waals surface area contributed by atoms with Crippen molar-refractivity contribution in [3.05, 3.63) is 12.2 Å². The Bertz CT molecular complexity index is 201. The van der Waals surface area contributed by atoms with Gasteiger partial charge in [0.1, 0.15) is 0 Å². The molecule has 15 heavy (non-hydrogen) atoms. The second kappa shape index (κ2) is 5.69. The summed E-state index contributed by atoms with van der Waals surface area (Å²) in [6.07, 6.45) is 9.27. The van der Waals surface area contributed by atoms with Crippen molar-refractivity contribution in [3.8, 4) is 0 Å². The lowest BCUT2D eigenvalue weighted by Gasteiger charge is -2.37. The minimum Gasteiger partial charge on any atom is -0.316 e. The minimum absolute atomic E-state index is 0.562. The van der Waals surface area contributed by atoms with Crippen LogP contribution in [0.25, 0.3) is 0 Å². The number of rotatable bonds is 6. The van der Waals surface area contributed by atoms with E-state index in [1.807, 2.05) is 0 Å². The summed E-state index contributed by atoms with van der Waals surface area (Å²) in [7, 11) is 2.11. The Kier molecular flexibility index (Phi) is 4.85. The molecule has 1 fully saturated rings. The molecule has 1 heteroatoms. The zero-order valence-corrected chi connectivity index (χ0v) is 10.7. The highest BCUT2D eigenvalue weighted by atomic mass is 14.9. The standard InChI is InChI=1S/C14H27N/c1-5-12(3)11-13(15-4)14(6-2)9-7-8-10-14/h13,15H,3,5-11H2,1-2,4H3. The summed E-state index contributed by atoms with van der Waals surface area (Å²) >= 11 is 0. The van der Waals surface area contributed by atoms with Crippen molar-refractivity contribution in [2.45, 2.75) is 64.8 Å². The molecular weight excluding hydrogens is 182 g/mol. The van der Waals surface area contributed by atoms with Crippen molar-refractivity contribution in [1.29, 1.82) is 0 Å². The molecular formula is C14H27N. The summed E-state index contributed by atoms with van der Waals surface area (Å²) in [4.78, 5) is 0. The van der Waals surface area contributed by atoms with Gasteiger partial charge in [0.2, 0.25) is 0 Å². The van der Waals surface area contributed by atoms with Crippen molar-refractivity contribution in [2.75, 3.05) is 7.05 Å². The van der Waals surface area contributed by atoms with Gasteiger partial charge in [0, 0.05) is 6.04 Å². The first kappa shape index (κ1) is 12.8. The third-order valence-electron chi connectivity index (χ3n) is 4.38. The Morgan fingerprint density at radius 2 is 1.93 bits per heavy atom. The lowest BCUT2D eigenvalue weighted by molar-refractivity contribution is 0.192. The summed E-state index contributed by atoms with van der Waals surface area (Å²) in [5.74, 6) is 0. The van der Waals surface area contributed by atoms with Gasteiger partial charge in [-0.05, 0) is 44.6 Å². The maximum Gasteiger partial charge on any atom is 0.0157 e. The lowest BCUT2D eigenvalue weighted by atomic mass is 9.74. The second-order valence-electron chi connectivity index (χ2n) is 5.07. The third-order valence-corrected chi connectivity index (χ3v) is 4.38. The van der Waals surface area contributed by atoms with E-state index in [0.717, 1.165) is 6.42 Å². The molecule has 1 rings (SSSR count). The molecule has 0 saturated heterocycles. The Hall–Kier alpha value is -0.300. The van der Waals surface area contributed by atoms with Gasteiger partial charge < -0.3 is 5.32 Å². The average Bonchev–Trinajstić information content (AvgIpc) is 2.75. The van der Waals surface area contributed by atoms with Crippen molar-refractivity contribution in [2.24, 2.45) is 5.41 Å². The van der Waals surface area contributed by atoms with Crippen LogP contribution in [0.3, 0.4) is 0 Å². The van der Waals surface area contributed by atoms with E-state index in [-0.39, 0.29) is 0 Å². The molecule has 1 aliphatic rings. The van der Waals surface area contributed by atoms with Gasteiger partial charge in [-0.1, -0.05) is 38.8 Å². The molecule has 1 saturated carbocycles. The molecule has 0 heterocycles. The molecule has 1 unspecified atom stereocenters. The van der Waals surface area contributed by atoms with Crippen LogP contribution in [-0.2, 0) is 0 Å². The first-order valence-electron chi connectivity index (χ1n) is 6.52. The lowest BCUT2D eigenvalue weighted by Crippen LogP contribution is -2.42. The van der Waals surface area contributed by atoms with Gasteiger partial charge in [-0.3, -0.25) is 0 Å². The van der Waals surface area contributed by atoms with Crippen molar-refractivity contribution in [1.82, 2.24) is 5.32 Å². The van der Waals surface area contributed by atoms with E-state index in [4.69, 9.17) is 0 Å². The molecule has 1 aliphatic carbocycles. The van der Waals surface area contributed by atoms with Crippen LogP contribution in [0.1, 0.15) is 58.8 Å². The van der Waals surface area contributed by atoms with Gasteiger partial charge in [-0.15, -0.1) is 0 Å². The SMILES string of the molecule is C=C(CC)CC(NC)C1(CC)CCCC1. The monoisotopic (exact) mass is 209 g/mol. The van der Waals surface area contributed by atoms with Crippen molar-refractivity contribution < 1.29 is 0 Å². The summed E-state index contributed by atoms with van der Waals surface area (Å²) in [6, 6.07) is 0.650. The van der Waals surface area contributed by atoms with E-state index in [9.17, 15) is 0 Å². The van der Waals surface area contributed by atoms with Crippen LogP contribution in [0, 0.1) is 5.41 Å². The van der Waals surface area contributed by atoms with Crippen LogP contribution in [0.15, 0.2) is 12.2 Å².